The van der Waals surface area contributed by atoms with Gasteiger partial charge in [0.2, 0.25) is 0 Å². The van der Waals surface area contributed by atoms with Gasteiger partial charge in [-0.1, -0.05) is 18.2 Å². The number of hydrogen-bond donors (Lipinski definition) is 4. The van der Waals surface area contributed by atoms with Crippen LogP contribution < -0.4 is 21.3 Å². The van der Waals surface area contributed by atoms with E-state index in [2.05, 4.69) is 37.2 Å². The number of nitrogens with one attached hydrogen (secondary N) is 4. The molecule has 13 heteroatoms. The van der Waals surface area contributed by atoms with E-state index in [9.17, 15) is 24.0 Å². The summed E-state index contributed by atoms with van der Waals surface area (Å²) in [6, 6.07) is 13.6. The van der Waals surface area contributed by atoms with Crippen LogP contribution in [-0.4, -0.2) is 55.1 Å². The second-order valence-corrected chi connectivity index (χ2v) is 11.7. The van der Waals surface area contributed by atoms with Gasteiger partial charge < -0.3 is 25.4 Å². The van der Waals surface area contributed by atoms with Gasteiger partial charge in [0.1, 0.15) is 11.6 Å². The first-order valence-corrected chi connectivity index (χ1v) is 14.4. The number of amides is 4. The fourth-order valence-corrected chi connectivity index (χ4v) is 4.77. The molecule has 0 aliphatic rings. The summed E-state index contributed by atoms with van der Waals surface area (Å²) in [6.07, 6.45) is -0.585. The van der Waals surface area contributed by atoms with Gasteiger partial charge in [0.05, 0.1) is 17.6 Å². The van der Waals surface area contributed by atoms with Crippen molar-refractivity contribution in [1.29, 1.82) is 0 Å². The molecule has 0 bridgehead atoms. The molecule has 11 nitrogen and oxygen atoms in total. The van der Waals surface area contributed by atoms with Crippen molar-refractivity contribution < 1.29 is 33.4 Å². The molecule has 0 saturated carbocycles. The first-order valence-electron chi connectivity index (χ1n) is 12.7. The number of thiophene rings is 1. The van der Waals surface area contributed by atoms with Crippen molar-refractivity contribution in [1.82, 2.24) is 16.0 Å². The third-order valence-corrected chi connectivity index (χ3v) is 7.03. The lowest BCUT2D eigenvalue weighted by Gasteiger charge is -2.19. The Balaban J connectivity index is 1.59. The Bertz CT molecular complexity index is 1450. The zero-order valence-electron chi connectivity index (χ0n) is 23.4. The molecule has 42 heavy (non-hydrogen) atoms. The molecular weight excluding hydrogens is 628 g/mol. The van der Waals surface area contributed by atoms with E-state index in [0.717, 1.165) is 5.56 Å². The Labute approximate surface area is 255 Å². The number of carbonyl (C=O) groups is 5. The van der Waals surface area contributed by atoms with Crippen LogP contribution >= 0.6 is 27.3 Å². The molecule has 3 aromatic rings. The SMILES string of the molecule is COC(=O)[C@H](CNC(=O)c1cccs1)NC(=O)c1ccc(C(=O)NCc2cccc(NC(=O)OC(C)(C)C)c2)cc1Br. The van der Waals surface area contributed by atoms with Crippen LogP contribution in [0.25, 0.3) is 0 Å². The van der Waals surface area contributed by atoms with E-state index in [1.807, 2.05) is 0 Å². The van der Waals surface area contributed by atoms with Crippen molar-refractivity contribution in [2.45, 2.75) is 39.0 Å². The zero-order valence-corrected chi connectivity index (χ0v) is 25.8. The van der Waals surface area contributed by atoms with Crippen LogP contribution in [0.1, 0.15) is 56.7 Å². The van der Waals surface area contributed by atoms with Gasteiger partial charge in [-0.15, -0.1) is 11.3 Å². The topological polar surface area (TPSA) is 152 Å². The number of methoxy groups -OCH3 is 1. The Hall–Kier alpha value is -4.23. The molecule has 0 radical (unpaired) electrons. The predicted molar refractivity (Wildman–Crippen MR) is 162 cm³/mol. The van der Waals surface area contributed by atoms with Gasteiger partial charge in [0.15, 0.2) is 0 Å². The Morgan fingerprint density at radius 3 is 2.33 bits per heavy atom. The quantitative estimate of drug-likeness (QED) is 0.234. The fourth-order valence-electron chi connectivity index (χ4n) is 3.57. The minimum absolute atomic E-state index is 0.172. The summed E-state index contributed by atoms with van der Waals surface area (Å²) in [6.45, 7) is 5.31. The molecule has 4 amide bonds. The largest absolute Gasteiger partial charge is 0.467 e. The Kier molecular flexibility index (Phi) is 11.2. The molecule has 0 aliphatic carbocycles. The summed E-state index contributed by atoms with van der Waals surface area (Å²) in [5, 5.41) is 12.4. The second-order valence-electron chi connectivity index (χ2n) is 9.94. The van der Waals surface area contributed by atoms with Crippen LogP contribution in [0.2, 0.25) is 0 Å². The molecule has 1 heterocycles. The third kappa shape index (κ3) is 9.70. The number of esters is 1. The van der Waals surface area contributed by atoms with Gasteiger partial charge in [-0.25, -0.2) is 9.59 Å². The van der Waals surface area contributed by atoms with Crippen LogP contribution in [0.3, 0.4) is 0 Å². The number of rotatable bonds is 10. The number of halogens is 1. The van der Waals surface area contributed by atoms with Crippen molar-refractivity contribution in [2.75, 3.05) is 19.0 Å². The van der Waals surface area contributed by atoms with E-state index in [1.54, 1.807) is 62.5 Å². The normalized spacial score (nSPS) is 11.5. The van der Waals surface area contributed by atoms with Crippen molar-refractivity contribution in [3.8, 4) is 0 Å². The van der Waals surface area contributed by atoms with E-state index in [0.29, 0.717) is 15.0 Å². The minimum Gasteiger partial charge on any atom is -0.467 e. The highest BCUT2D eigenvalue weighted by molar-refractivity contribution is 9.10. The van der Waals surface area contributed by atoms with E-state index in [4.69, 9.17) is 9.47 Å². The summed E-state index contributed by atoms with van der Waals surface area (Å²) in [4.78, 5) is 62.7. The number of anilines is 1. The van der Waals surface area contributed by atoms with Crippen molar-refractivity contribution in [3.05, 3.63) is 86.0 Å². The Morgan fingerprint density at radius 2 is 1.69 bits per heavy atom. The van der Waals surface area contributed by atoms with Crippen molar-refractivity contribution in [3.63, 3.8) is 0 Å². The minimum atomic E-state index is -1.14. The maximum absolute atomic E-state index is 12.9. The number of benzene rings is 2. The monoisotopic (exact) mass is 658 g/mol. The molecule has 4 N–H and O–H groups in total. The fraction of sp³-hybridized carbons (Fsp3) is 0.276. The van der Waals surface area contributed by atoms with E-state index in [-0.39, 0.29) is 30.1 Å². The maximum atomic E-state index is 12.9. The average molecular weight is 660 g/mol. The lowest BCUT2D eigenvalue weighted by molar-refractivity contribution is -0.142. The molecule has 2 aromatic carbocycles. The third-order valence-electron chi connectivity index (χ3n) is 5.50. The second kappa shape index (κ2) is 14.6. The summed E-state index contributed by atoms with van der Waals surface area (Å²) in [5.41, 5.74) is 1.09. The van der Waals surface area contributed by atoms with Gasteiger partial charge in [-0.05, 0) is 84.0 Å². The zero-order chi connectivity index (χ0) is 30.9. The van der Waals surface area contributed by atoms with Gasteiger partial charge >= 0.3 is 12.1 Å². The van der Waals surface area contributed by atoms with Crippen LogP contribution in [0.5, 0.6) is 0 Å². The molecule has 0 spiro atoms. The van der Waals surface area contributed by atoms with Gasteiger partial charge in [0, 0.05) is 28.8 Å². The Morgan fingerprint density at radius 1 is 0.929 bits per heavy atom. The molecule has 0 unspecified atom stereocenters. The molecule has 1 aromatic heterocycles. The predicted octanol–water partition coefficient (Wildman–Crippen LogP) is 4.49. The molecule has 1 atom stereocenters. The lowest BCUT2D eigenvalue weighted by Crippen LogP contribution is -2.49. The molecule has 3 rings (SSSR count). The molecule has 0 aliphatic heterocycles. The van der Waals surface area contributed by atoms with Gasteiger partial charge in [0.25, 0.3) is 17.7 Å². The summed E-state index contributed by atoms with van der Waals surface area (Å²) >= 11 is 4.57. The van der Waals surface area contributed by atoms with Gasteiger partial charge in [-0.3, -0.25) is 19.7 Å². The highest BCUT2D eigenvalue weighted by atomic mass is 79.9. The standard InChI is InChI=1S/C29H31BrN4O7S/c1-29(2,3)41-28(39)33-19-8-5-7-17(13-19)15-31-24(35)18-10-11-20(21(30)14-18)25(36)34-22(27(38)40-4)16-32-26(37)23-9-6-12-42-23/h5-14,22H,15-16H2,1-4H3,(H,31,35)(H,32,37)(H,33,39)(H,34,36)/t22-/m0/s1. The first-order chi connectivity index (χ1) is 19.9. The highest BCUT2D eigenvalue weighted by Gasteiger charge is 2.25. The molecule has 0 fully saturated rings. The van der Waals surface area contributed by atoms with Gasteiger partial charge in [-0.2, -0.15) is 0 Å². The number of hydrogen-bond acceptors (Lipinski definition) is 8. The highest BCUT2D eigenvalue weighted by Crippen LogP contribution is 2.20. The van der Waals surface area contributed by atoms with E-state index in [1.165, 1.54) is 36.6 Å². The van der Waals surface area contributed by atoms with E-state index >= 15 is 0 Å². The van der Waals surface area contributed by atoms with E-state index < -0.39 is 35.5 Å². The summed E-state index contributed by atoms with van der Waals surface area (Å²) < 4.78 is 10.3. The summed E-state index contributed by atoms with van der Waals surface area (Å²) in [5.74, 6) is -2.11. The van der Waals surface area contributed by atoms with Crippen molar-refractivity contribution in [2.24, 2.45) is 0 Å². The summed E-state index contributed by atoms with van der Waals surface area (Å²) in [7, 11) is 1.18. The average Bonchev–Trinajstić information content (AvgIpc) is 3.47. The lowest BCUT2D eigenvalue weighted by atomic mass is 10.1. The van der Waals surface area contributed by atoms with Crippen molar-refractivity contribution >= 4 is 62.7 Å². The smallest absolute Gasteiger partial charge is 0.412 e. The maximum Gasteiger partial charge on any atom is 0.412 e. The van der Waals surface area contributed by atoms with Crippen LogP contribution in [0, 0.1) is 0 Å². The molecule has 222 valence electrons. The van der Waals surface area contributed by atoms with Crippen LogP contribution in [0.4, 0.5) is 10.5 Å². The molecular formula is C29H31BrN4O7S. The number of ether oxygens (including phenoxy) is 2. The molecule has 0 saturated heterocycles. The number of carbonyl (C=O) groups excluding carboxylic acids is 5. The van der Waals surface area contributed by atoms with Crippen LogP contribution in [-0.2, 0) is 20.8 Å². The first kappa shape index (κ1) is 32.3. The van der Waals surface area contributed by atoms with Crippen LogP contribution in [0.15, 0.2) is 64.5 Å².